The van der Waals surface area contributed by atoms with Crippen molar-refractivity contribution in [3.63, 3.8) is 0 Å². The molecule has 1 aromatic carbocycles. The van der Waals surface area contributed by atoms with Gasteiger partial charge in [0.25, 0.3) is 6.02 Å². The fraction of sp³-hybridized carbons (Fsp3) is 0.357. The molecular weight excluding hydrogens is 288 g/mol. The Bertz CT molecular complexity index is 633. The normalized spacial score (nSPS) is 25.7. The summed E-state index contributed by atoms with van der Waals surface area (Å²) >= 11 is 0. The van der Waals surface area contributed by atoms with E-state index >= 15 is 0 Å². The number of alkyl halides is 3. The third-order valence-electron chi connectivity index (χ3n) is 3.28. The van der Waals surface area contributed by atoms with Crippen LogP contribution < -0.4 is 5.73 Å². The fourth-order valence-corrected chi connectivity index (χ4v) is 2.24. The quantitative estimate of drug-likeness (QED) is 0.640. The summed E-state index contributed by atoms with van der Waals surface area (Å²) in [5, 5.41) is 0. The molecule has 0 aliphatic carbocycles. The predicted octanol–water partition coefficient (Wildman–Crippen LogP) is 2.69. The van der Waals surface area contributed by atoms with E-state index in [0.29, 0.717) is 5.56 Å². The van der Waals surface area contributed by atoms with Gasteiger partial charge in [-0.2, -0.15) is 13.2 Å². The second-order valence-electron chi connectivity index (χ2n) is 4.92. The summed E-state index contributed by atoms with van der Waals surface area (Å²) in [6, 6.07) is 3.12. The fourth-order valence-electron chi connectivity index (χ4n) is 2.24. The van der Waals surface area contributed by atoms with Crippen molar-refractivity contribution in [2.75, 3.05) is 0 Å². The molecular formula is C14H12F4N2O. The number of halogens is 4. The van der Waals surface area contributed by atoms with Crippen LogP contribution in [0, 0.1) is 18.2 Å². The summed E-state index contributed by atoms with van der Waals surface area (Å²) in [6.45, 7) is 1.36. The van der Waals surface area contributed by atoms with Crippen LogP contribution in [0.2, 0.25) is 0 Å². The first kappa shape index (κ1) is 15.2. The van der Waals surface area contributed by atoms with Crippen molar-refractivity contribution < 1.29 is 22.3 Å². The van der Waals surface area contributed by atoms with E-state index in [0.717, 1.165) is 6.07 Å². The monoisotopic (exact) mass is 300 g/mol. The lowest BCUT2D eigenvalue weighted by molar-refractivity contribution is -0.208. The number of benzene rings is 1. The molecule has 0 unspecified atom stereocenters. The maximum Gasteiger partial charge on any atom is 0.425 e. The van der Waals surface area contributed by atoms with Crippen LogP contribution in [-0.2, 0) is 10.3 Å². The van der Waals surface area contributed by atoms with Crippen molar-refractivity contribution >= 4 is 6.02 Å². The van der Waals surface area contributed by atoms with Crippen molar-refractivity contribution in [3.8, 4) is 12.3 Å². The van der Waals surface area contributed by atoms with Crippen molar-refractivity contribution in [1.29, 1.82) is 0 Å². The number of aliphatic imine (C=N–C) groups is 1. The standard InChI is InChI=1S/C14H12F4N2O/c1-3-8-4-5-10(15)9(6-8)13(2)7-11(14(16,17)18)21-12(19)20-13/h1,4-6,11H,7H2,2H3,(H2,19,20)/t11-,13-/m0/s1. The first-order chi connectivity index (χ1) is 9.65. The van der Waals surface area contributed by atoms with Crippen LogP contribution in [0.25, 0.3) is 0 Å². The van der Waals surface area contributed by atoms with Crippen LogP contribution >= 0.6 is 0 Å². The molecule has 3 nitrogen and oxygen atoms in total. The first-order valence-electron chi connectivity index (χ1n) is 6.01. The molecule has 0 saturated carbocycles. The molecule has 0 saturated heterocycles. The number of nitrogens with two attached hydrogens (primary N) is 1. The van der Waals surface area contributed by atoms with Gasteiger partial charge in [0.15, 0.2) is 6.10 Å². The number of hydrogen-bond donors (Lipinski definition) is 1. The Hall–Kier alpha value is -2.23. The molecule has 21 heavy (non-hydrogen) atoms. The lowest BCUT2D eigenvalue weighted by atomic mass is 9.85. The van der Waals surface area contributed by atoms with Gasteiger partial charge in [0.1, 0.15) is 5.82 Å². The Kier molecular flexibility index (Phi) is 3.58. The second-order valence-corrected chi connectivity index (χ2v) is 4.92. The van der Waals surface area contributed by atoms with E-state index in [1.807, 2.05) is 0 Å². The van der Waals surface area contributed by atoms with Crippen LogP contribution in [-0.4, -0.2) is 18.3 Å². The molecule has 1 aromatic rings. The molecule has 0 radical (unpaired) electrons. The van der Waals surface area contributed by atoms with Gasteiger partial charge in [0.05, 0.1) is 5.54 Å². The summed E-state index contributed by atoms with van der Waals surface area (Å²) in [5.41, 5.74) is 4.12. The highest BCUT2D eigenvalue weighted by Gasteiger charge is 2.50. The van der Waals surface area contributed by atoms with E-state index in [1.165, 1.54) is 19.1 Å². The number of rotatable bonds is 1. The van der Waals surface area contributed by atoms with Crippen LogP contribution in [0.1, 0.15) is 24.5 Å². The highest BCUT2D eigenvalue weighted by molar-refractivity contribution is 5.73. The molecule has 2 atom stereocenters. The first-order valence-corrected chi connectivity index (χ1v) is 6.01. The molecule has 7 heteroatoms. The third kappa shape index (κ3) is 2.94. The summed E-state index contributed by atoms with van der Waals surface area (Å²) < 4.78 is 57.1. The molecule has 2 N–H and O–H groups in total. The van der Waals surface area contributed by atoms with E-state index in [-0.39, 0.29) is 5.56 Å². The maximum atomic E-state index is 14.0. The van der Waals surface area contributed by atoms with Crippen LogP contribution in [0.3, 0.4) is 0 Å². The minimum atomic E-state index is -4.62. The number of hydrogen-bond acceptors (Lipinski definition) is 3. The summed E-state index contributed by atoms with van der Waals surface area (Å²) in [6.07, 6.45) is -2.12. The zero-order chi connectivity index (χ0) is 15.8. The number of ether oxygens (including phenoxy) is 1. The van der Waals surface area contributed by atoms with E-state index < -0.39 is 36.1 Å². The zero-order valence-electron chi connectivity index (χ0n) is 11.0. The van der Waals surface area contributed by atoms with Crippen LogP contribution in [0.15, 0.2) is 23.2 Å². The molecule has 2 rings (SSSR count). The Labute approximate surface area is 118 Å². The van der Waals surface area contributed by atoms with Crippen molar-refractivity contribution in [1.82, 2.24) is 0 Å². The largest absolute Gasteiger partial charge is 0.452 e. The van der Waals surface area contributed by atoms with Gasteiger partial charge >= 0.3 is 6.18 Å². The Morgan fingerprint density at radius 3 is 2.71 bits per heavy atom. The minimum absolute atomic E-state index is 0.0431. The van der Waals surface area contributed by atoms with Gasteiger partial charge in [-0.05, 0) is 25.1 Å². The number of amidine groups is 1. The lowest BCUT2D eigenvalue weighted by Crippen LogP contribution is -2.46. The highest BCUT2D eigenvalue weighted by Crippen LogP contribution is 2.40. The van der Waals surface area contributed by atoms with Crippen molar-refractivity contribution in [2.45, 2.75) is 31.2 Å². The number of terminal acetylenes is 1. The Balaban J connectivity index is 2.51. The van der Waals surface area contributed by atoms with Crippen LogP contribution in [0.5, 0.6) is 0 Å². The average Bonchev–Trinajstić information content (AvgIpc) is 2.37. The van der Waals surface area contributed by atoms with Gasteiger partial charge in [-0.25, -0.2) is 9.38 Å². The van der Waals surface area contributed by atoms with Crippen LogP contribution in [0.4, 0.5) is 17.6 Å². The molecule has 0 fully saturated rings. The Morgan fingerprint density at radius 2 is 2.14 bits per heavy atom. The molecule has 0 bridgehead atoms. The molecule has 1 aliphatic rings. The zero-order valence-corrected chi connectivity index (χ0v) is 11.0. The average molecular weight is 300 g/mol. The summed E-state index contributed by atoms with van der Waals surface area (Å²) in [4.78, 5) is 3.85. The smallest absolute Gasteiger partial charge is 0.425 e. The van der Waals surface area contributed by atoms with Gasteiger partial charge < -0.3 is 10.5 Å². The van der Waals surface area contributed by atoms with Gasteiger partial charge in [0, 0.05) is 17.5 Å². The topological polar surface area (TPSA) is 47.6 Å². The third-order valence-corrected chi connectivity index (χ3v) is 3.28. The molecule has 0 aromatic heterocycles. The summed E-state index contributed by atoms with van der Waals surface area (Å²) in [7, 11) is 0. The maximum absolute atomic E-state index is 14.0. The van der Waals surface area contributed by atoms with E-state index in [1.54, 1.807) is 0 Å². The highest BCUT2D eigenvalue weighted by atomic mass is 19.4. The van der Waals surface area contributed by atoms with Gasteiger partial charge in [-0.3, -0.25) is 0 Å². The molecule has 0 spiro atoms. The minimum Gasteiger partial charge on any atom is -0.452 e. The van der Waals surface area contributed by atoms with E-state index in [9.17, 15) is 17.6 Å². The molecule has 112 valence electrons. The predicted molar refractivity (Wildman–Crippen MR) is 68.9 cm³/mol. The van der Waals surface area contributed by atoms with E-state index in [2.05, 4.69) is 15.6 Å². The SMILES string of the molecule is C#Cc1ccc(F)c([C@]2(C)C[C@@H](C(F)(F)F)OC(N)=N2)c1. The van der Waals surface area contributed by atoms with Gasteiger partial charge in [-0.15, -0.1) is 6.42 Å². The summed E-state index contributed by atoms with van der Waals surface area (Å²) in [5.74, 6) is 1.61. The van der Waals surface area contributed by atoms with Crippen molar-refractivity contribution in [3.05, 3.63) is 35.1 Å². The second kappa shape index (κ2) is 4.95. The van der Waals surface area contributed by atoms with Gasteiger partial charge in [-0.1, -0.05) is 5.92 Å². The number of nitrogens with zero attached hydrogens (tertiary/aromatic N) is 1. The molecule has 1 heterocycles. The molecule has 0 amide bonds. The van der Waals surface area contributed by atoms with Gasteiger partial charge in [0.2, 0.25) is 0 Å². The molecule has 1 aliphatic heterocycles. The van der Waals surface area contributed by atoms with E-state index in [4.69, 9.17) is 12.2 Å². The lowest BCUT2D eigenvalue weighted by Gasteiger charge is -2.35. The Morgan fingerprint density at radius 1 is 1.48 bits per heavy atom. The van der Waals surface area contributed by atoms with Crippen molar-refractivity contribution in [2.24, 2.45) is 10.7 Å².